The smallest absolute Gasteiger partial charge is 0.306 e. The number of likely N-dealkylation sites (tertiary alicyclic amines) is 1. The summed E-state index contributed by atoms with van der Waals surface area (Å²) >= 11 is 6.48. The van der Waals surface area contributed by atoms with Crippen LogP contribution in [0.2, 0.25) is 5.02 Å². The Labute approximate surface area is 213 Å². The highest BCUT2D eigenvalue weighted by atomic mass is 35.5. The van der Waals surface area contributed by atoms with Crippen molar-refractivity contribution in [3.8, 4) is 0 Å². The number of rotatable bonds is 12. The summed E-state index contributed by atoms with van der Waals surface area (Å²) in [5.74, 6) is -0.411. The predicted molar refractivity (Wildman–Crippen MR) is 136 cm³/mol. The van der Waals surface area contributed by atoms with E-state index in [4.69, 9.17) is 21.1 Å². The molecule has 1 aliphatic heterocycles. The van der Waals surface area contributed by atoms with Crippen molar-refractivity contribution in [3.63, 3.8) is 0 Å². The van der Waals surface area contributed by atoms with Crippen LogP contribution in [0.5, 0.6) is 0 Å². The van der Waals surface area contributed by atoms with E-state index in [0.717, 1.165) is 42.5 Å². The van der Waals surface area contributed by atoms with E-state index >= 15 is 0 Å². The van der Waals surface area contributed by atoms with Crippen molar-refractivity contribution in [2.45, 2.75) is 71.1 Å². The summed E-state index contributed by atoms with van der Waals surface area (Å²) in [6.45, 7) is 7.41. The van der Waals surface area contributed by atoms with E-state index in [-0.39, 0.29) is 37.0 Å². The molecule has 3 atom stereocenters. The number of β-amino-alcohol motifs (C(OH)–C–C–N with tert-alkyl or cyclic N) is 1. The Bertz CT molecular complexity index is 985. The molecule has 35 heavy (non-hydrogen) atoms. The molecule has 1 N–H and O–H groups in total. The topological polar surface area (TPSA) is 59.0 Å². The van der Waals surface area contributed by atoms with Gasteiger partial charge in [0, 0.05) is 29.6 Å². The van der Waals surface area contributed by atoms with Gasteiger partial charge < -0.3 is 14.6 Å². The number of benzene rings is 2. The number of ether oxygens (including phenoxy) is 2. The van der Waals surface area contributed by atoms with E-state index in [1.165, 1.54) is 0 Å². The summed E-state index contributed by atoms with van der Waals surface area (Å²) in [5.41, 5.74) is 3.42. The van der Waals surface area contributed by atoms with Gasteiger partial charge in [0.25, 0.3) is 0 Å². The number of aliphatic hydroxyl groups excluding tert-OH is 1. The maximum Gasteiger partial charge on any atom is 0.306 e. The lowest BCUT2D eigenvalue weighted by Gasteiger charge is -2.28. The predicted octanol–water partition coefficient (Wildman–Crippen LogP) is 5.43. The molecular formula is C28H37ClFNO4. The number of carbonyl (C=O) groups is 1. The lowest BCUT2D eigenvalue weighted by molar-refractivity contribution is -0.143. The zero-order valence-corrected chi connectivity index (χ0v) is 21.7. The van der Waals surface area contributed by atoms with E-state index in [2.05, 4.69) is 4.90 Å². The Balaban J connectivity index is 1.54. The van der Waals surface area contributed by atoms with Gasteiger partial charge in [-0.3, -0.25) is 9.69 Å². The zero-order chi connectivity index (χ0) is 25.4. The minimum atomic E-state index is -0.654. The van der Waals surface area contributed by atoms with Crippen molar-refractivity contribution < 1.29 is 23.8 Å². The van der Waals surface area contributed by atoms with Crippen LogP contribution in [-0.4, -0.2) is 54.4 Å². The standard InChI is InChI=1S/C28H37ClFNO4/c1-4-34-27(33)13-12-22-7-5-9-25(29)28(22)20(3)35-18-24(32)17-31-14-6-8-23(31)15-21-11-10-19(2)26(30)16-21/h5,7,9-11,16,20,23-24,32H,4,6,8,12-15,17-18H2,1-3H3/t20?,23-,24+/m0/s1. The number of halogens is 2. The number of hydrogen-bond donors (Lipinski definition) is 1. The third-order valence-electron chi connectivity index (χ3n) is 6.64. The van der Waals surface area contributed by atoms with Gasteiger partial charge >= 0.3 is 5.97 Å². The van der Waals surface area contributed by atoms with Crippen LogP contribution in [0.15, 0.2) is 36.4 Å². The van der Waals surface area contributed by atoms with Crippen LogP contribution < -0.4 is 0 Å². The van der Waals surface area contributed by atoms with Gasteiger partial charge in [0.05, 0.1) is 25.4 Å². The molecule has 1 aliphatic rings. The second-order valence-corrected chi connectivity index (χ2v) is 9.73. The number of nitrogens with zero attached hydrogens (tertiary/aromatic N) is 1. The number of aryl methyl sites for hydroxylation is 2. The third-order valence-corrected chi connectivity index (χ3v) is 6.97. The first-order valence-electron chi connectivity index (χ1n) is 12.5. The van der Waals surface area contributed by atoms with Gasteiger partial charge in [-0.25, -0.2) is 4.39 Å². The highest BCUT2D eigenvalue weighted by Gasteiger charge is 2.27. The summed E-state index contributed by atoms with van der Waals surface area (Å²) in [6, 6.07) is 11.3. The van der Waals surface area contributed by atoms with E-state index in [9.17, 15) is 14.3 Å². The minimum Gasteiger partial charge on any atom is -0.466 e. The summed E-state index contributed by atoms with van der Waals surface area (Å²) in [5, 5.41) is 11.3. The lowest BCUT2D eigenvalue weighted by Crippen LogP contribution is -2.39. The van der Waals surface area contributed by atoms with Crippen molar-refractivity contribution in [2.75, 3.05) is 26.3 Å². The van der Waals surface area contributed by atoms with Crippen LogP contribution in [0.25, 0.3) is 0 Å². The monoisotopic (exact) mass is 505 g/mol. The highest BCUT2D eigenvalue weighted by molar-refractivity contribution is 6.31. The van der Waals surface area contributed by atoms with Crippen LogP contribution in [0.1, 0.15) is 61.5 Å². The molecule has 0 spiro atoms. The fourth-order valence-corrected chi connectivity index (χ4v) is 5.14. The van der Waals surface area contributed by atoms with Crippen molar-refractivity contribution in [2.24, 2.45) is 0 Å². The molecule has 3 rings (SSSR count). The Kier molecular flexibility index (Phi) is 10.5. The van der Waals surface area contributed by atoms with Crippen molar-refractivity contribution in [1.82, 2.24) is 4.90 Å². The van der Waals surface area contributed by atoms with Gasteiger partial charge in [-0.1, -0.05) is 35.9 Å². The van der Waals surface area contributed by atoms with Crippen molar-refractivity contribution >= 4 is 17.6 Å². The maximum atomic E-state index is 14.0. The molecule has 1 unspecified atom stereocenters. The summed E-state index contributed by atoms with van der Waals surface area (Å²) < 4.78 is 25.0. The van der Waals surface area contributed by atoms with Gasteiger partial charge in [-0.2, -0.15) is 0 Å². The molecule has 0 saturated carbocycles. The van der Waals surface area contributed by atoms with E-state index in [1.54, 1.807) is 19.9 Å². The molecule has 0 bridgehead atoms. The maximum absolute atomic E-state index is 14.0. The second-order valence-electron chi connectivity index (χ2n) is 9.33. The molecule has 0 radical (unpaired) electrons. The fourth-order valence-electron chi connectivity index (χ4n) is 4.79. The average Bonchev–Trinajstić information content (AvgIpc) is 3.25. The normalized spacial score (nSPS) is 17.9. The van der Waals surface area contributed by atoms with Crippen LogP contribution in [0, 0.1) is 12.7 Å². The van der Waals surface area contributed by atoms with Gasteiger partial charge in [0.15, 0.2) is 0 Å². The molecule has 0 amide bonds. The number of esters is 1. The van der Waals surface area contributed by atoms with E-state index < -0.39 is 6.10 Å². The van der Waals surface area contributed by atoms with Gasteiger partial charge in [-0.15, -0.1) is 0 Å². The van der Waals surface area contributed by atoms with Crippen LogP contribution in [-0.2, 0) is 27.1 Å². The van der Waals surface area contributed by atoms with Crippen LogP contribution >= 0.6 is 11.6 Å². The second kappa shape index (κ2) is 13.4. The molecule has 192 valence electrons. The van der Waals surface area contributed by atoms with Crippen molar-refractivity contribution in [3.05, 3.63) is 69.5 Å². The minimum absolute atomic E-state index is 0.171. The van der Waals surface area contributed by atoms with E-state index in [1.807, 2.05) is 37.3 Å². The molecule has 5 nitrogen and oxygen atoms in total. The zero-order valence-electron chi connectivity index (χ0n) is 20.9. The Morgan fingerprint density at radius 2 is 2.11 bits per heavy atom. The molecule has 1 heterocycles. The van der Waals surface area contributed by atoms with Crippen molar-refractivity contribution in [1.29, 1.82) is 0 Å². The first kappa shape index (κ1) is 27.6. The van der Waals surface area contributed by atoms with Crippen LogP contribution in [0.4, 0.5) is 4.39 Å². The quantitative estimate of drug-likeness (QED) is 0.390. The Morgan fingerprint density at radius 3 is 2.86 bits per heavy atom. The molecule has 7 heteroatoms. The number of aliphatic hydroxyl groups is 1. The van der Waals surface area contributed by atoms with Gasteiger partial charge in [0.1, 0.15) is 5.82 Å². The van der Waals surface area contributed by atoms with Crippen LogP contribution in [0.3, 0.4) is 0 Å². The molecule has 0 aromatic heterocycles. The molecule has 0 aliphatic carbocycles. The van der Waals surface area contributed by atoms with E-state index in [0.29, 0.717) is 30.2 Å². The summed E-state index contributed by atoms with van der Waals surface area (Å²) in [4.78, 5) is 14.1. The molecule has 2 aromatic carbocycles. The molecular weight excluding hydrogens is 469 g/mol. The Morgan fingerprint density at radius 1 is 1.31 bits per heavy atom. The number of hydrogen-bond acceptors (Lipinski definition) is 5. The summed E-state index contributed by atoms with van der Waals surface area (Å²) in [6.07, 6.45) is 2.66. The summed E-state index contributed by atoms with van der Waals surface area (Å²) in [7, 11) is 0. The average molecular weight is 506 g/mol. The SMILES string of the molecule is CCOC(=O)CCc1cccc(Cl)c1C(C)OC[C@H](O)CN1CCC[C@H]1Cc1ccc(C)c(F)c1. The first-order valence-corrected chi connectivity index (χ1v) is 12.9. The lowest BCUT2D eigenvalue weighted by atomic mass is 9.99. The fraction of sp³-hybridized carbons (Fsp3) is 0.536. The molecule has 1 fully saturated rings. The third kappa shape index (κ3) is 8.01. The van der Waals surface area contributed by atoms with Gasteiger partial charge in [0.2, 0.25) is 0 Å². The first-order chi connectivity index (χ1) is 16.8. The largest absolute Gasteiger partial charge is 0.466 e. The molecule has 1 saturated heterocycles. The number of carbonyl (C=O) groups excluding carboxylic acids is 1. The highest BCUT2D eigenvalue weighted by Crippen LogP contribution is 2.30. The van der Waals surface area contributed by atoms with Gasteiger partial charge in [-0.05, 0) is 81.8 Å². The Hall–Kier alpha value is -1.99. The molecule has 2 aromatic rings.